The first-order valence-electron chi connectivity index (χ1n) is 3.63. The molecule has 0 aromatic carbocycles. The predicted octanol–water partition coefficient (Wildman–Crippen LogP) is -2.18. The van der Waals surface area contributed by atoms with Crippen LogP contribution in [0.4, 0.5) is 0 Å². The van der Waals surface area contributed by atoms with Gasteiger partial charge in [0.05, 0.1) is 0 Å². The molecule has 0 spiro atoms. The first-order valence-corrected chi connectivity index (χ1v) is 31.6. The number of hydrogen-bond acceptors (Lipinski definition) is 18. The van der Waals surface area contributed by atoms with E-state index in [-0.39, 0.29) is 36.9 Å². The van der Waals surface area contributed by atoms with Crippen LogP contribution in [0, 0.1) is 0 Å². The van der Waals surface area contributed by atoms with Crippen LogP contribution in [0.25, 0.3) is 0 Å². The van der Waals surface area contributed by atoms with Gasteiger partial charge in [-0.05, 0) is 0 Å². The normalized spacial score (nSPS) is 9.67. The summed E-state index contributed by atoms with van der Waals surface area (Å²) < 4.78 is 161. The molecule has 36 heteroatoms. The standard InChI is InChI=1S/6ClH.6H3N.18O.6Tc/h6*1H;6*1H3;;;;;;;;;;;;;;;;;;;;;;;;/q;;;;;;;;;;;;;;;;;;;;;;;;6*-1;6*+1. The van der Waals surface area contributed by atoms with Gasteiger partial charge in [-0.3, -0.25) is 0 Å². The summed E-state index contributed by atoms with van der Waals surface area (Å²) in [6.45, 7) is 0. The van der Waals surface area contributed by atoms with Gasteiger partial charge < -0.3 is 36.9 Å². The molecule has 0 heterocycles. The van der Waals surface area contributed by atoms with Crippen molar-refractivity contribution in [3.63, 3.8) is 0 Å². The van der Waals surface area contributed by atoms with E-state index in [9.17, 15) is 0 Å². The maximum atomic E-state index is 8.94. The zero-order valence-corrected chi connectivity index (χ0v) is 33.6. The zero-order valence-electron chi connectivity index (χ0n) is 17.9. The number of quaternary nitrogens is 6. The van der Waals surface area contributed by atoms with Gasteiger partial charge in [0, 0.05) is 0 Å². The zero-order chi connectivity index (χ0) is 27.0. The van der Waals surface area contributed by atoms with Crippen LogP contribution in [0.2, 0.25) is 0 Å². The minimum absolute atomic E-state index is 0. The van der Waals surface area contributed by atoms with E-state index in [2.05, 4.69) is 57.5 Å². The SMILES string of the molecule is [NH4+].[NH4+].[NH4+].[NH4+].[NH4+].[NH4+].[O]=[Tc](=[O])([O-])[Cl].[O]=[Tc](=[O])([O-])[Cl].[O]=[Tc](=[O])([O-])[Cl].[O]=[Tc](=[O])([O-])[Cl].[O]=[Tc](=[O])([O-])[Cl].[O]=[Tc](=[O])([O-])[Cl]. The van der Waals surface area contributed by atoms with Gasteiger partial charge in [0.15, 0.2) is 0 Å². The summed E-state index contributed by atoms with van der Waals surface area (Å²) in [5, 5.41) is 0. The molecule has 0 saturated carbocycles. The number of halogens is 6. The third kappa shape index (κ3) is 6190. The van der Waals surface area contributed by atoms with Gasteiger partial charge in [0.25, 0.3) is 0 Å². The van der Waals surface area contributed by atoms with Crippen LogP contribution in [-0.4, -0.2) is 0 Å². The Morgan fingerprint density at radius 3 is 0.250 bits per heavy atom. The van der Waals surface area contributed by atoms with Crippen molar-refractivity contribution < 1.29 is 153 Å². The second kappa shape index (κ2) is 34.0. The fourth-order valence-corrected chi connectivity index (χ4v) is 0. The maximum absolute atomic E-state index is 8.94. The van der Waals surface area contributed by atoms with Gasteiger partial charge in [-0.1, -0.05) is 0 Å². The van der Waals surface area contributed by atoms with Crippen LogP contribution in [0.1, 0.15) is 0 Å². The average Bonchev–Trinajstić information content (AvgIpc) is 1.94. The van der Waals surface area contributed by atoms with E-state index in [0.29, 0.717) is 0 Å². The van der Waals surface area contributed by atoms with Gasteiger partial charge in [-0.25, -0.2) is 0 Å². The summed E-state index contributed by atoms with van der Waals surface area (Å²) in [5.74, 6) is 0. The third-order valence-corrected chi connectivity index (χ3v) is 0. The van der Waals surface area contributed by atoms with Crippen LogP contribution >= 0.6 is 57.5 Å². The summed E-state index contributed by atoms with van der Waals surface area (Å²) in [4.78, 5) is 0. The van der Waals surface area contributed by atoms with Gasteiger partial charge in [-0.2, -0.15) is 0 Å². The van der Waals surface area contributed by atoms with Crippen molar-refractivity contribution in [1.82, 2.24) is 36.9 Å². The van der Waals surface area contributed by atoms with Crippen molar-refractivity contribution in [2.45, 2.75) is 0 Å². The van der Waals surface area contributed by atoms with E-state index >= 15 is 0 Å². The van der Waals surface area contributed by atoms with Crippen molar-refractivity contribution in [2.75, 3.05) is 0 Å². The molecule has 24 N–H and O–H groups in total. The Balaban J connectivity index is -0.0000000186. The van der Waals surface area contributed by atoms with E-state index in [1.54, 1.807) is 0 Å². The molecule has 0 aliphatic rings. The van der Waals surface area contributed by atoms with Crippen LogP contribution in [0.5, 0.6) is 0 Å². The molecule has 0 radical (unpaired) electrons. The summed E-state index contributed by atoms with van der Waals surface area (Å²) in [6.07, 6.45) is 0. The molecule has 0 aromatic rings. The first kappa shape index (κ1) is 77.2. The first-order chi connectivity index (χ1) is 12.0. The molecule has 0 rings (SSSR count). The van der Waals surface area contributed by atoms with Crippen LogP contribution in [0.3, 0.4) is 0 Å². The summed E-state index contributed by atoms with van der Waals surface area (Å²) >= 11 is -31.3. The summed E-state index contributed by atoms with van der Waals surface area (Å²) in [5.41, 5.74) is 0. The molecule has 0 unspecified atom stereocenters. The Bertz CT molecular complexity index is 796. The fraction of sp³-hybridized carbons (Fsp3) is 0. The van der Waals surface area contributed by atoms with E-state index in [1.165, 1.54) is 0 Å². The molecule has 246 valence electrons. The summed E-state index contributed by atoms with van der Waals surface area (Å²) in [7, 11) is 24.3. The molecule has 0 aliphatic carbocycles. The van der Waals surface area contributed by atoms with Crippen molar-refractivity contribution >= 4 is 57.5 Å². The molecule has 0 fully saturated rings. The second-order valence-electron chi connectivity index (χ2n) is 2.18. The van der Waals surface area contributed by atoms with E-state index in [1.807, 2.05) is 0 Å². The van der Waals surface area contributed by atoms with Crippen molar-refractivity contribution in [1.29, 1.82) is 0 Å². The van der Waals surface area contributed by atoms with Gasteiger partial charge in [0.1, 0.15) is 0 Å². The van der Waals surface area contributed by atoms with Gasteiger partial charge >= 0.3 is 210 Å². The molecule has 36 heavy (non-hydrogen) atoms. The third-order valence-electron chi connectivity index (χ3n) is 0. The molecular weight excluding hydrogens is 1170 g/mol. The number of rotatable bonds is 0. The Hall–Kier alpha value is 2.76. The second-order valence-corrected chi connectivity index (χ2v) is 25.3. The van der Waals surface area contributed by atoms with Crippen LogP contribution < -0.4 is 60.1 Å². The monoisotopic (exact) mass is 1190 g/mol. The van der Waals surface area contributed by atoms with Gasteiger partial charge in [-0.15, -0.1) is 0 Å². The van der Waals surface area contributed by atoms with Crippen LogP contribution in [0.15, 0.2) is 0 Å². The van der Waals surface area contributed by atoms with E-state index in [0.717, 1.165) is 0 Å². The fourth-order valence-electron chi connectivity index (χ4n) is 0. The quantitative estimate of drug-likeness (QED) is 0.150. The van der Waals surface area contributed by atoms with Crippen molar-refractivity contribution in [2.24, 2.45) is 0 Å². The molecule has 0 atom stereocenters. The van der Waals surface area contributed by atoms with Crippen molar-refractivity contribution in [3.8, 4) is 0 Å². The van der Waals surface area contributed by atoms with E-state index in [4.69, 9.17) is 65.2 Å². The van der Waals surface area contributed by atoms with Gasteiger partial charge in [0.2, 0.25) is 0 Å². The Labute approximate surface area is 243 Å². The minimum atomic E-state index is -5.22. The molecule has 0 aromatic heterocycles. The predicted molar refractivity (Wildman–Crippen MR) is 79.3 cm³/mol. The number of hydrogen-bond donors (Lipinski definition) is 6. The molecule has 24 nitrogen and oxygen atoms in total. The summed E-state index contributed by atoms with van der Waals surface area (Å²) in [6, 6.07) is 0. The Morgan fingerprint density at radius 2 is 0.250 bits per heavy atom. The van der Waals surface area contributed by atoms with Crippen LogP contribution in [-0.2, 0) is 129 Å². The molecule has 0 bridgehead atoms. The van der Waals surface area contributed by atoms with Crippen molar-refractivity contribution in [3.05, 3.63) is 0 Å². The molecule has 0 amide bonds. The Kier molecular flexibility index (Phi) is 72.8. The molecule has 0 aliphatic heterocycles. The average molecular weight is 1200 g/mol. The molecular formula is H24Cl6N6O18Tc6. The molecule has 0 saturated heterocycles. The van der Waals surface area contributed by atoms with E-state index < -0.39 is 87.3 Å². The topological polar surface area (TPSA) is 562 Å². The Morgan fingerprint density at radius 1 is 0.250 bits per heavy atom.